The molecule has 194 valence electrons. The molecule has 0 spiro atoms. The van der Waals surface area contributed by atoms with Crippen molar-refractivity contribution in [3.05, 3.63) is 118 Å². The Labute approximate surface area is 233 Å². The lowest BCUT2D eigenvalue weighted by Gasteiger charge is -2.39. The lowest BCUT2D eigenvalue weighted by molar-refractivity contribution is 0.00270. The first-order valence-electron chi connectivity index (χ1n) is 13.0. The summed E-state index contributed by atoms with van der Waals surface area (Å²) in [6.45, 7) is 3.77. The van der Waals surface area contributed by atoms with Crippen molar-refractivity contribution in [1.82, 2.24) is 9.88 Å². The molecule has 5 aromatic rings. The quantitative estimate of drug-likeness (QED) is 0.200. The smallest absolute Gasteiger partial charge is 0.217 e. The van der Waals surface area contributed by atoms with Crippen molar-refractivity contribution in [2.75, 3.05) is 27.2 Å². The average molecular weight is 570 g/mol. The third-order valence-corrected chi connectivity index (χ3v) is 8.04. The maximum Gasteiger partial charge on any atom is 0.217 e. The second-order valence-electron chi connectivity index (χ2n) is 9.90. The summed E-state index contributed by atoms with van der Waals surface area (Å²) in [6.07, 6.45) is 0.537. The van der Waals surface area contributed by atoms with Crippen LogP contribution >= 0.6 is 15.9 Å². The van der Waals surface area contributed by atoms with Gasteiger partial charge in [-0.05, 0) is 72.2 Å². The first-order valence-corrected chi connectivity index (χ1v) is 13.8. The fourth-order valence-electron chi connectivity index (χ4n) is 5.31. The molecule has 1 N–H and O–H groups in total. The van der Waals surface area contributed by atoms with Crippen LogP contribution in [0.15, 0.2) is 102 Å². The number of benzene rings is 4. The second kappa shape index (κ2) is 11.2. The number of aromatic nitrogens is 1. The molecule has 0 radical (unpaired) electrons. The van der Waals surface area contributed by atoms with E-state index in [1.807, 2.05) is 42.5 Å². The van der Waals surface area contributed by atoms with Crippen molar-refractivity contribution in [1.29, 1.82) is 0 Å². The summed E-state index contributed by atoms with van der Waals surface area (Å²) in [5, 5.41) is 16.2. The number of halogens is 1. The molecule has 1 heterocycles. The Morgan fingerprint density at radius 3 is 2.37 bits per heavy atom. The van der Waals surface area contributed by atoms with Gasteiger partial charge in [0.25, 0.3) is 0 Å². The summed E-state index contributed by atoms with van der Waals surface area (Å²) in [4.78, 5) is 7.12. The van der Waals surface area contributed by atoms with Crippen LogP contribution in [0.3, 0.4) is 0 Å². The average Bonchev–Trinajstić information content (AvgIpc) is 2.95. The van der Waals surface area contributed by atoms with Gasteiger partial charge in [0.05, 0.1) is 12.6 Å². The monoisotopic (exact) mass is 568 g/mol. The van der Waals surface area contributed by atoms with Crippen LogP contribution in [0, 0.1) is 0 Å². The predicted molar refractivity (Wildman–Crippen MR) is 160 cm³/mol. The molecule has 0 fully saturated rings. The first-order chi connectivity index (χ1) is 18.4. The number of nitrogens with zero attached hydrogens (tertiary/aromatic N) is 2. The van der Waals surface area contributed by atoms with Gasteiger partial charge in [-0.25, -0.2) is 4.98 Å². The number of pyridine rings is 1. The van der Waals surface area contributed by atoms with E-state index in [1.165, 1.54) is 0 Å². The van der Waals surface area contributed by atoms with E-state index in [0.29, 0.717) is 12.3 Å². The molecule has 0 saturated carbocycles. The van der Waals surface area contributed by atoms with Crippen LogP contribution in [0.2, 0.25) is 0 Å². The molecule has 0 aliphatic carbocycles. The number of ether oxygens (including phenoxy) is 1. The zero-order valence-corrected chi connectivity index (χ0v) is 23.7. The van der Waals surface area contributed by atoms with Gasteiger partial charge in [-0.2, -0.15) is 0 Å². The summed E-state index contributed by atoms with van der Waals surface area (Å²) in [6, 6.07) is 33.0. The van der Waals surface area contributed by atoms with E-state index in [9.17, 15) is 5.11 Å². The maximum atomic E-state index is 13.0. The molecule has 2 atom stereocenters. The molecular formula is C33H33BrN2O2. The highest BCUT2D eigenvalue weighted by atomic mass is 79.9. The molecule has 1 aromatic heterocycles. The molecule has 0 aliphatic heterocycles. The summed E-state index contributed by atoms with van der Waals surface area (Å²) < 4.78 is 6.87. The Morgan fingerprint density at radius 1 is 0.895 bits per heavy atom. The van der Waals surface area contributed by atoms with Crippen molar-refractivity contribution in [2.45, 2.75) is 24.9 Å². The minimum atomic E-state index is -1.23. The maximum absolute atomic E-state index is 13.0. The fraction of sp³-hybridized carbons (Fsp3) is 0.242. The molecule has 5 rings (SSSR count). The van der Waals surface area contributed by atoms with E-state index in [4.69, 9.17) is 9.72 Å². The number of hydrogen-bond donors (Lipinski definition) is 1. The zero-order chi connectivity index (χ0) is 26.7. The molecule has 0 aliphatic rings. The first kappa shape index (κ1) is 26.4. The molecule has 0 saturated heterocycles. The van der Waals surface area contributed by atoms with Crippen molar-refractivity contribution >= 4 is 37.6 Å². The summed E-state index contributed by atoms with van der Waals surface area (Å²) in [7, 11) is 3.74. The second-order valence-corrected chi connectivity index (χ2v) is 10.8. The third kappa shape index (κ3) is 5.19. The minimum Gasteiger partial charge on any atom is -0.481 e. The molecule has 38 heavy (non-hydrogen) atoms. The van der Waals surface area contributed by atoms with Gasteiger partial charge in [0.1, 0.15) is 5.60 Å². The molecule has 5 heteroatoms. The van der Waals surface area contributed by atoms with Crippen LogP contribution in [-0.4, -0.2) is 42.2 Å². The van der Waals surface area contributed by atoms with Crippen molar-refractivity contribution in [3.63, 3.8) is 0 Å². The van der Waals surface area contributed by atoms with Crippen molar-refractivity contribution in [2.24, 2.45) is 0 Å². The van der Waals surface area contributed by atoms with Crippen LogP contribution in [0.1, 0.15) is 36.0 Å². The Hall–Kier alpha value is -3.25. The van der Waals surface area contributed by atoms with E-state index in [0.717, 1.165) is 55.9 Å². The normalized spacial score (nSPS) is 14.1. The SMILES string of the molecule is CCN(C)CCC(O)(c1ccc2ccccc2c1)C(c1ccccc1)c1cc2cc(Br)ccc2nc1OC. The van der Waals surface area contributed by atoms with Crippen molar-refractivity contribution < 1.29 is 9.84 Å². The minimum absolute atomic E-state index is 0.416. The Bertz CT molecular complexity index is 1560. The largest absolute Gasteiger partial charge is 0.481 e. The van der Waals surface area contributed by atoms with Gasteiger partial charge in [0, 0.05) is 27.9 Å². The zero-order valence-electron chi connectivity index (χ0n) is 22.1. The van der Waals surface area contributed by atoms with Gasteiger partial charge >= 0.3 is 0 Å². The number of fused-ring (bicyclic) bond motifs is 2. The van der Waals surface area contributed by atoms with Crippen LogP contribution in [0.25, 0.3) is 21.7 Å². The molecule has 0 bridgehead atoms. The molecule has 4 aromatic carbocycles. The van der Waals surface area contributed by atoms with Gasteiger partial charge in [-0.1, -0.05) is 89.6 Å². The summed E-state index contributed by atoms with van der Waals surface area (Å²) in [5.41, 5.74) is 2.37. The van der Waals surface area contributed by atoms with Crippen LogP contribution in [-0.2, 0) is 5.60 Å². The summed E-state index contributed by atoms with van der Waals surface area (Å²) >= 11 is 3.61. The predicted octanol–water partition coefficient (Wildman–Crippen LogP) is 7.52. The lowest BCUT2D eigenvalue weighted by Crippen LogP contribution is -2.38. The standard InChI is InChI=1S/C33H33BrN2O2/c1-4-36(2)19-18-33(37,27-15-14-23-10-8-9-13-25(23)20-27)31(24-11-6-5-7-12-24)29-22-26-21-28(34)16-17-30(26)35-32(29)38-3/h5-17,20-22,31,37H,4,18-19H2,1-3H3. The van der Waals surface area contributed by atoms with Gasteiger partial charge in [0.2, 0.25) is 5.88 Å². The van der Waals surface area contributed by atoms with Gasteiger partial charge in [-0.15, -0.1) is 0 Å². The lowest BCUT2D eigenvalue weighted by atomic mass is 9.71. The van der Waals surface area contributed by atoms with Crippen molar-refractivity contribution in [3.8, 4) is 5.88 Å². The highest BCUT2D eigenvalue weighted by Gasteiger charge is 2.42. The Balaban J connectivity index is 1.78. The highest BCUT2D eigenvalue weighted by Crippen LogP contribution is 2.48. The van der Waals surface area contributed by atoms with Crippen LogP contribution in [0.4, 0.5) is 0 Å². The fourth-order valence-corrected chi connectivity index (χ4v) is 5.69. The number of rotatable bonds is 9. The Morgan fingerprint density at radius 2 is 1.63 bits per heavy atom. The topological polar surface area (TPSA) is 45.6 Å². The Kier molecular flexibility index (Phi) is 7.80. The van der Waals surface area contributed by atoms with E-state index in [2.05, 4.69) is 89.4 Å². The van der Waals surface area contributed by atoms with Crippen LogP contribution in [0.5, 0.6) is 5.88 Å². The van der Waals surface area contributed by atoms with E-state index >= 15 is 0 Å². The van der Waals surface area contributed by atoms with Crippen LogP contribution < -0.4 is 4.74 Å². The number of hydrogen-bond acceptors (Lipinski definition) is 4. The highest BCUT2D eigenvalue weighted by molar-refractivity contribution is 9.10. The molecule has 4 nitrogen and oxygen atoms in total. The van der Waals surface area contributed by atoms with Gasteiger partial charge < -0.3 is 14.7 Å². The number of methoxy groups -OCH3 is 1. The van der Waals surface area contributed by atoms with E-state index < -0.39 is 11.5 Å². The summed E-state index contributed by atoms with van der Waals surface area (Å²) in [5.74, 6) is 0.109. The van der Waals surface area contributed by atoms with Gasteiger partial charge in [0.15, 0.2) is 0 Å². The van der Waals surface area contributed by atoms with Gasteiger partial charge in [-0.3, -0.25) is 0 Å². The molecule has 2 unspecified atom stereocenters. The number of aliphatic hydroxyl groups is 1. The van der Waals surface area contributed by atoms with E-state index in [1.54, 1.807) is 7.11 Å². The van der Waals surface area contributed by atoms with E-state index in [-0.39, 0.29) is 0 Å². The molecular weight excluding hydrogens is 536 g/mol. The third-order valence-electron chi connectivity index (χ3n) is 7.55. The molecule has 0 amide bonds.